The summed E-state index contributed by atoms with van der Waals surface area (Å²) >= 11 is 3.51. The van der Waals surface area contributed by atoms with E-state index in [-0.39, 0.29) is 11.9 Å². The summed E-state index contributed by atoms with van der Waals surface area (Å²) in [6.45, 7) is 2.19. The second-order valence-corrected chi connectivity index (χ2v) is 8.24. The third-order valence-electron chi connectivity index (χ3n) is 5.63. The van der Waals surface area contributed by atoms with Crippen molar-refractivity contribution in [1.29, 1.82) is 0 Å². The number of benzene rings is 3. The first kappa shape index (κ1) is 17.7. The first-order valence-corrected chi connectivity index (χ1v) is 10.1. The van der Waals surface area contributed by atoms with Gasteiger partial charge < -0.3 is 5.32 Å². The summed E-state index contributed by atoms with van der Waals surface area (Å²) in [4.78, 5) is 0. The quantitative estimate of drug-likeness (QED) is 0.501. The van der Waals surface area contributed by atoms with E-state index >= 15 is 0 Å². The van der Waals surface area contributed by atoms with Crippen molar-refractivity contribution in [3.63, 3.8) is 0 Å². The molecule has 0 aliphatic heterocycles. The second kappa shape index (κ2) is 7.50. The van der Waals surface area contributed by atoms with Gasteiger partial charge >= 0.3 is 0 Å². The highest BCUT2D eigenvalue weighted by atomic mass is 79.9. The Balaban J connectivity index is 1.48. The maximum Gasteiger partial charge on any atom is 0.131 e. The van der Waals surface area contributed by atoms with E-state index in [9.17, 15) is 4.39 Å². The van der Waals surface area contributed by atoms with Gasteiger partial charge in [-0.3, -0.25) is 0 Å². The molecular weight excluding hydrogens is 389 g/mol. The molecule has 0 spiro atoms. The maximum absolute atomic E-state index is 14.1. The highest BCUT2D eigenvalue weighted by Gasteiger charge is 2.27. The normalized spacial score (nSPS) is 21.2. The smallest absolute Gasteiger partial charge is 0.131 e. The molecule has 3 aromatic rings. The molecule has 0 heterocycles. The molecule has 1 nitrogen and oxygen atoms in total. The number of nitrogens with one attached hydrogen (secondary N) is 1. The lowest BCUT2D eigenvalue weighted by Crippen LogP contribution is -2.29. The third kappa shape index (κ3) is 3.56. The molecule has 1 aliphatic rings. The van der Waals surface area contributed by atoms with E-state index in [4.69, 9.17) is 0 Å². The highest BCUT2D eigenvalue weighted by Crippen LogP contribution is 2.36. The number of halogens is 2. The van der Waals surface area contributed by atoms with Gasteiger partial charge in [-0.05, 0) is 66.8 Å². The Morgan fingerprint density at radius 2 is 1.69 bits per heavy atom. The molecule has 0 saturated heterocycles. The predicted molar refractivity (Wildman–Crippen MR) is 110 cm³/mol. The SMILES string of the molecule is C[C@@H](N[C@H]1CC[C@@H](c2ccc(Br)cc2)C1)c1ccc(F)c2ccccc12. The van der Waals surface area contributed by atoms with Crippen LogP contribution in [0.5, 0.6) is 0 Å². The van der Waals surface area contributed by atoms with Crippen molar-refractivity contribution in [2.75, 3.05) is 0 Å². The Labute approximate surface area is 162 Å². The molecule has 134 valence electrons. The standard InChI is InChI=1S/C23H23BrFN/c1-15(20-12-13-23(25)22-5-3-2-4-21(20)22)26-19-11-8-17(14-19)16-6-9-18(24)10-7-16/h2-7,9-10,12-13,15,17,19,26H,8,11,14H2,1H3/t15-,17-,19+/m1/s1. The minimum absolute atomic E-state index is 0.146. The summed E-state index contributed by atoms with van der Waals surface area (Å²) in [6.07, 6.45) is 3.56. The zero-order valence-electron chi connectivity index (χ0n) is 14.9. The van der Waals surface area contributed by atoms with Gasteiger partial charge in [0.2, 0.25) is 0 Å². The molecule has 0 unspecified atom stereocenters. The van der Waals surface area contributed by atoms with E-state index in [0.717, 1.165) is 16.3 Å². The molecule has 1 N–H and O–H groups in total. The third-order valence-corrected chi connectivity index (χ3v) is 6.16. The maximum atomic E-state index is 14.1. The first-order valence-electron chi connectivity index (χ1n) is 9.30. The van der Waals surface area contributed by atoms with Crippen molar-refractivity contribution in [3.05, 3.63) is 82.1 Å². The molecular formula is C23H23BrFN. The highest BCUT2D eigenvalue weighted by molar-refractivity contribution is 9.10. The van der Waals surface area contributed by atoms with Gasteiger partial charge in [-0.2, -0.15) is 0 Å². The van der Waals surface area contributed by atoms with Crippen LogP contribution in [0.1, 0.15) is 49.3 Å². The molecule has 0 bridgehead atoms. The Bertz CT molecular complexity index is 906. The van der Waals surface area contributed by atoms with Crippen LogP contribution < -0.4 is 5.32 Å². The van der Waals surface area contributed by atoms with Crippen molar-refractivity contribution in [2.45, 2.75) is 44.2 Å². The fourth-order valence-electron chi connectivity index (χ4n) is 4.28. The second-order valence-electron chi connectivity index (χ2n) is 7.33. The number of fused-ring (bicyclic) bond motifs is 1. The van der Waals surface area contributed by atoms with Crippen LogP contribution in [-0.2, 0) is 0 Å². The lowest BCUT2D eigenvalue weighted by molar-refractivity contribution is 0.458. The van der Waals surface area contributed by atoms with Gasteiger partial charge in [-0.1, -0.05) is 58.4 Å². The summed E-state index contributed by atoms with van der Waals surface area (Å²) in [5.41, 5.74) is 2.60. The summed E-state index contributed by atoms with van der Waals surface area (Å²) in [7, 11) is 0. The van der Waals surface area contributed by atoms with Crippen LogP contribution in [0.25, 0.3) is 10.8 Å². The van der Waals surface area contributed by atoms with Crippen molar-refractivity contribution in [1.82, 2.24) is 5.32 Å². The van der Waals surface area contributed by atoms with Crippen LogP contribution in [-0.4, -0.2) is 6.04 Å². The first-order chi connectivity index (χ1) is 12.6. The molecule has 3 aromatic carbocycles. The van der Waals surface area contributed by atoms with Crippen molar-refractivity contribution < 1.29 is 4.39 Å². The van der Waals surface area contributed by atoms with Gasteiger partial charge in [0.25, 0.3) is 0 Å². The molecule has 0 radical (unpaired) electrons. The molecule has 1 fully saturated rings. The molecule has 4 rings (SSSR count). The van der Waals surface area contributed by atoms with Crippen LogP contribution in [0.4, 0.5) is 4.39 Å². The number of rotatable bonds is 4. The molecule has 1 saturated carbocycles. The molecule has 0 aromatic heterocycles. The molecule has 3 atom stereocenters. The fraction of sp³-hybridized carbons (Fsp3) is 0.304. The number of hydrogen-bond donors (Lipinski definition) is 1. The Kier molecular flexibility index (Phi) is 5.10. The fourth-order valence-corrected chi connectivity index (χ4v) is 4.54. The van der Waals surface area contributed by atoms with Crippen LogP contribution in [0.3, 0.4) is 0 Å². The molecule has 0 amide bonds. The zero-order valence-corrected chi connectivity index (χ0v) is 16.5. The van der Waals surface area contributed by atoms with Crippen LogP contribution in [0, 0.1) is 5.82 Å². The molecule has 26 heavy (non-hydrogen) atoms. The van der Waals surface area contributed by atoms with Gasteiger partial charge in [0.15, 0.2) is 0 Å². The molecule has 1 aliphatic carbocycles. The minimum Gasteiger partial charge on any atom is -0.307 e. The zero-order chi connectivity index (χ0) is 18.1. The Hall–Kier alpha value is -1.71. The summed E-state index contributed by atoms with van der Waals surface area (Å²) in [5.74, 6) is 0.477. The van der Waals surface area contributed by atoms with E-state index < -0.39 is 0 Å². The monoisotopic (exact) mass is 411 g/mol. The summed E-state index contributed by atoms with van der Waals surface area (Å²) in [6, 6.07) is 20.7. The van der Waals surface area contributed by atoms with Gasteiger partial charge in [0, 0.05) is 21.9 Å². The minimum atomic E-state index is -0.146. The van der Waals surface area contributed by atoms with Crippen molar-refractivity contribution >= 4 is 26.7 Å². The number of hydrogen-bond acceptors (Lipinski definition) is 1. The van der Waals surface area contributed by atoms with Crippen molar-refractivity contribution in [3.8, 4) is 0 Å². The molecule has 3 heteroatoms. The lowest BCUT2D eigenvalue weighted by Gasteiger charge is -2.22. The largest absolute Gasteiger partial charge is 0.307 e. The van der Waals surface area contributed by atoms with Crippen LogP contribution in [0.15, 0.2) is 65.1 Å². The van der Waals surface area contributed by atoms with E-state index in [1.54, 1.807) is 6.07 Å². The van der Waals surface area contributed by atoms with E-state index in [2.05, 4.69) is 52.4 Å². The topological polar surface area (TPSA) is 12.0 Å². The van der Waals surface area contributed by atoms with E-state index in [0.29, 0.717) is 17.3 Å². The Morgan fingerprint density at radius 1 is 0.962 bits per heavy atom. The van der Waals surface area contributed by atoms with Crippen LogP contribution >= 0.6 is 15.9 Å². The van der Waals surface area contributed by atoms with Gasteiger partial charge in [0.1, 0.15) is 5.82 Å². The average molecular weight is 412 g/mol. The Morgan fingerprint density at radius 3 is 2.46 bits per heavy atom. The summed E-state index contributed by atoms with van der Waals surface area (Å²) < 4.78 is 15.2. The predicted octanol–water partition coefficient (Wildman–Crippen LogP) is 6.73. The van der Waals surface area contributed by atoms with Crippen molar-refractivity contribution in [2.24, 2.45) is 0 Å². The average Bonchev–Trinajstić information content (AvgIpc) is 3.11. The van der Waals surface area contributed by atoms with Gasteiger partial charge in [-0.15, -0.1) is 0 Å². The summed E-state index contributed by atoms with van der Waals surface area (Å²) in [5, 5.41) is 5.50. The lowest BCUT2D eigenvalue weighted by atomic mass is 9.96. The van der Waals surface area contributed by atoms with Crippen LogP contribution in [0.2, 0.25) is 0 Å². The van der Waals surface area contributed by atoms with E-state index in [1.807, 2.05) is 30.3 Å². The van der Waals surface area contributed by atoms with E-state index in [1.165, 1.54) is 24.0 Å². The van der Waals surface area contributed by atoms with Gasteiger partial charge in [-0.25, -0.2) is 4.39 Å². The van der Waals surface area contributed by atoms with Gasteiger partial charge in [0.05, 0.1) is 0 Å².